The second kappa shape index (κ2) is 11.1. The molecule has 0 radical (unpaired) electrons. The van der Waals surface area contributed by atoms with Gasteiger partial charge in [0.15, 0.2) is 0 Å². The molecule has 1 saturated heterocycles. The highest BCUT2D eigenvalue weighted by atomic mass is 32.1. The van der Waals surface area contributed by atoms with Gasteiger partial charge < -0.3 is 26.4 Å². The molecule has 154 valence electrons. The smallest absolute Gasteiger partial charge is 0.326 e. The number of carboxylic acids is 1. The van der Waals surface area contributed by atoms with Gasteiger partial charge in [0.25, 0.3) is 0 Å². The Hall–Kier alpha value is -1.81. The van der Waals surface area contributed by atoms with Gasteiger partial charge in [-0.15, -0.1) is 0 Å². The molecule has 0 aromatic rings. The number of aliphatic carboxylic acids is 1. The summed E-state index contributed by atoms with van der Waals surface area (Å²) in [6.07, 6.45) is 1.89. The van der Waals surface area contributed by atoms with Crippen LogP contribution in [0, 0.1) is 5.92 Å². The Balaban J connectivity index is 2.57. The molecule has 1 aliphatic rings. The fourth-order valence-corrected chi connectivity index (χ4v) is 3.00. The molecule has 0 aliphatic carbocycles. The van der Waals surface area contributed by atoms with Gasteiger partial charge in [0.1, 0.15) is 18.1 Å². The molecule has 0 aromatic carbocycles. The molecule has 1 aliphatic heterocycles. The Morgan fingerprint density at radius 3 is 2.22 bits per heavy atom. The van der Waals surface area contributed by atoms with Crippen molar-refractivity contribution in [2.75, 3.05) is 12.3 Å². The highest BCUT2D eigenvalue weighted by Crippen LogP contribution is 2.06. The Kier molecular flexibility index (Phi) is 9.57. The van der Waals surface area contributed by atoms with Crippen LogP contribution in [0.5, 0.6) is 0 Å². The molecule has 5 N–H and O–H groups in total. The Labute approximate surface area is 164 Å². The van der Waals surface area contributed by atoms with Gasteiger partial charge >= 0.3 is 5.97 Å². The second-order valence-electron chi connectivity index (χ2n) is 7.15. The van der Waals surface area contributed by atoms with Crippen LogP contribution in [-0.2, 0) is 19.2 Å². The molecule has 1 fully saturated rings. The van der Waals surface area contributed by atoms with Crippen LogP contribution in [0.2, 0.25) is 0 Å². The number of nitrogens with one attached hydrogen (secondary N) is 4. The van der Waals surface area contributed by atoms with Gasteiger partial charge in [-0.2, -0.15) is 12.6 Å². The highest BCUT2D eigenvalue weighted by molar-refractivity contribution is 7.80. The van der Waals surface area contributed by atoms with Gasteiger partial charge in [0.2, 0.25) is 17.7 Å². The van der Waals surface area contributed by atoms with Gasteiger partial charge in [0.05, 0.1) is 6.04 Å². The van der Waals surface area contributed by atoms with Crippen LogP contribution in [0.3, 0.4) is 0 Å². The molecule has 4 atom stereocenters. The lowest BCUT2D eigenvalue weighted by atomic mass is 10.0. The maximum Gasteiger partial charge on any atom is 0.326 e. The maximum absolute atomic E-state index is 12.3. The molecule has 4 unspecified atom stereocenters. The summed E-state index contributed by atoms with van der Waals surface area (Å²) < 4.78 is 0. The number of carbonyl (C=O) groups excluding carboxylic acids is 3. The lowest BCUT2D eigenvalue weighted by Gasteiger charge is -2.23. The molecule has 9 nitrogen and oxygen atoms in total. The van der Waals surface area contributed by atoms with Gasteiger partial charge in [-0.25, -0.2) is 4.79 Å². The van der Waals surface area contributed by atoms with E-state index in [4.69, 9.17) is 0 Å². The summed E-state index contributed by atoms with van der Waals surface area (Å²) in [4.78, 5) is 47.9. The van der Waals surface area contributed by atoms with E-state index in [2.05, 4.69) is 33.9 Å². The summed E-state index contributed by atoms with van der Waals surface area (Å²) in [5.41, 5.74) is 0. The predicted octanol–water partition coefficient (Wildman–Crippen LogP) is -0.727. The topological polar surface area (TPSA) is 137 Å². The normalized spacial score (nSPS) is 19.8. The fourth-order valence-electron chi connectivity index (χ4n) is 2.74. The van der Waals surface area contributed by atoms with E-state index in [0.29, 0.717) is 6.42 Å². The zero-order chi connectivity index (χ0) is 20.6. The fraction of sp³-hybridized carbons (Fsp3) is 0.765. The summed E-state index contributed by atoms with van der Waals surface area (Å²) in [5.74, 6) is -2.39. The van der Waals surface area contributed by atoms with Gasteiger partial charge in [-0.3, -0.25) is 14.4 Å². The minimum absolute atomic E-state index is 0.0731. The number of rotatable bonds is 10. The van der Waals surface area contributed by atoms with Crippen molar-refractivity contribution in [2.45, 2.75) is 64.2 Å². The van der Waals surface area contributed by atoms with E-state index in [9.17, 15) is 24.3 Å². The number of carbonyl (C=O) groups is 4. The van der Waals surface area contributed by atoms with E-state index in [1.165, 1.54) is 6.92 Å². The van der Waals surface area contributed by atoms with Crippen molar-refractivity contribution in [3.63, 3.8) is 0 Å². The zero-order valence-corrected chi connectivity index (χ0v) is 16.8. The van der Waals surface area contributed by atoms with Gasteiger partial charge in [-0.05, 0) is 38.6 Å². The number of amides is 3. The van der Waals surface area contributed by atoms with Crippen LogP contribution in [-0.4, -0.2) is 65.3 Å². The van der Waals surface area contributed by atoms with Crippen LogP contribution >= 0.6 is 12.6 Å². The SMILES string of the molecule is CC(C)CC(NC(=O)C(C)NC(=O)C(CS)NC(=O)C1CCCN1)C(=O)O. The molecule has 1 rings (SSSR count). The second-order valence-corrected chi connectivity index (χ2v) is 7.52. The largest absolute Gasteiger partial charge is 0.480 e. The van der Waals surface area contributed by atoms with E-state index in [0.717, 1.165) is 13.0 Å². The summed E-state index contributed by atoms with van der Waals surface area (Å²) >= 11 is 4.09. The lowest BCUT2D eigenvalue weighted by Crippen LogP contribution is -2.56. The number of thiol groups is 1. The third kappa shape index (κ3) is 7.76. The van der Waals surface area contributed by atoms with E-state index < -0.39 is 35.9 Å². The first-order valence-corrected chi connectivity index (χ1v) is 9.77. The first-order chi connectivity index (χ1) is 12.6. The van der Waals surface area contributed by atoms with Crippen molar-refractivity contribution in [1.82, 2.24) is 21.3 Å². The average molecular weight is 403 g/mol. The van der Waals surface area contributed by atoms with Crippen molar-refractivity contribution in [3.8, 4) is 0 Å². The van der Waals surface area contributed by atoms with Crippen molar-refractivity contribution in [1.29, 1.82) is 0 Å². The number of hydrogen-bond donors (Lipinski definition) is 6. The van der Waals surface area contributed by atoms with Gasteiger partial charge in [-0.1, -0.05) is 13.8 Å². The average Bonchev–Trinajstić information content (AvgIpc) is 3.12. The first kappa shape index (κ1) is 23.2. The van der Waals surface area contributed by atoms with E-state index in [1.807, 2.05) is 13.8 Å². The molecular formula is C17H30N4O5S. The van der Waals surface area contributed by atoms with E-state index in [1.54, 1.807) is 0 Å². The zero-order valence-electron chi connectivity index (χ0n) is 15.9. The predicted molar refractivity (Wildman–Crippen MR) is 103 cm³/mol. The highest BCUT2D eigenvalue weighted by Gasteiger charge is 2.29. The molecule has 27 heavy (non-hydrogen) atoms. The van der Waals surface area contributed by atoms with Crippen molar-refractivity contribution in [3.05, 3.63) is 0 Å². The monoisotopic (exact) mass is 402 g/mol. The van der Waals surface area contributed by atoms with Crippen LogP contribution < -0.4 is 21.3 Å². The molecule has 0 spiro atoms. The van der Waals surface area contributed by atoms with Crippen LogP contribution in [0.4, 0.5) is 0 Å². The summed E-state index contributed by atoms with van der Waals surface area (Å²) in [5, 5.41) is 19.8. The van der Waals surface area contributed by atoms with E-state index in [-0.39, 0.29) is 30.0 Å². The first-order valence-electron chi connectivity index (χ1n) is 9.13. The number of hydrogen-bond acceptors (Lipinski definition) is 6. The molecule has 0 bridgehead atoms. The summed E-state index contributed by atoms with van der Waals surface area (Å²) in [7, 11) is 0. The molecule has 10 heteroatoms. The lowest BCUT2D eigenvalue weighted by molar-refractivity contribution is -0.142. The summed E-state index contributed by atoms with van der Waals surface area (Å²) in [6.45, 7) is 5.92. The van der Waals surface area contributed by atoms with Gasteiger partial charge in [0, 0.05) is 5.75 Å². The van der Waals surface area contributed by atoms with Crippen molar-refractivity contribution in [2.24, 2.45) is 5.92 Å². The standard InChI is InChI=1S/C17H30N4O5S/c1-9(2)7-12(17(25)26)20-14(22)10(3)19-16(24)13(8-27)21-15(23)11-5-4-6-18-11/h9-13,18,27H,4-8H2,1-3H3,(H,19,24)(H,20,22)(H,21,23)(H,25,26). The Morgan fingerprint density at radius 2 is 1.74 bits per heavy atom. The maximum atomic E-state index is 12.3. The third-order valence-corrected chi connectivity index (χ3v) is 4.63. The van der Waals surface area contributed by atoms with Crippen molar-refractivity contribution >= 4 is 36.3 Å². The van der Waals surface area contributed by atoms with Crippen LogP contribution in [0.25, 0.3) is 0 Å². The Bertz CT molecular complexity index is 551. The third-order valence-electron chi connectivity index (χ3n) is 4.27. The molecule has 3 amide bonds. The molecule has 0 aromatic heterocycles. The molecular weight excluding hydrogens is 372 g/mol. The van der Waals surface area contributed by atoms with Crippen LogP contribution in [0.1, 0.15) is 40.0 Å². The Morgan fingerprint density at radius 1 is 1.07 bits per heavy atom. The minimum Gasteiger partial charge on any atom is -0.480 e. The quantitative estimate of drug-likeness (QED) is 0.267. The minimum atomic E-state index is -1.12. The van der Waals surface area contributed by atoms with Crippen molar-refractivity contribution < 1.29 is 24.3 Å². The van der Waals surface area contributed by atoms with E-state index >= 15 is 0 Å². The summed E-state index contributed by atoms with van der Waals surface area (Å²) in [6, 6.07) is -3.18. The van der Waals surface area contributed by atoms with Crippen LogP contribution in [0.15, 0.2) is 0 Å². The molecule has 0 saturated carbocycles. The number of carboxylic acid groups (broad SMARTS) is 1. The molecule has 1 heterocycles.